The van der Waals surface area contributed by atoms with Crippen molar-refractivity contribution in [1.82, 2.24) is 9.78 Å². The zero-order chi connectivity index (χ0) is 20.6. The Morgan fingerprint density at radius 3 is 2.31 bits per heavy atom. The van der Waals surface area contributed by atoms with Gasteiger partial charge in [0.25, 0.3) is 5.69 Å². The van der Waals surface area contributed by atoms with Gasteiger partial charge in [-0.05, 0) is 6.07 Å². The van der Waals surface area contributed by atoms with Crippen LogP contribution in [-0.4, -0.2) is 14.7 Å². The highest BCUT2D eigenvalue weighted by atomic mass is 19.4. The summed E-state index contributed by atoms with van der Waals surface area (Å²) < 4.78 is 42.0. The highest BCUT2D eigenvalue weighted by Gasteiger charge is 2.34. The fourth-order valence-corrected chi connectivity index (χ4v) is 3.38. The molecule has 0 aliphatic carbocycles. The molecule has 0 N–H and O–H groups in total. The molecule has 8 heteroatoms. The summed E-state index contributed by atoms with van der Waals surface area (Å²) in [5.41, 5.74) is 0.377. The average Bonchev–Trinajstić information content (AvgIpc) is 3.05. The van der Waals surface area contributed by atoms with Crippen LogP contribution in [-0.2, 0) is 12.7 Å². The molecule has 4 aromatic rings. The molecule has 0 saturated heterocycles. The number of halogens is 3. The van der Waals surface area contributed by atoms with Gasteiger partial charge in [0.05, 0.1) is 28.3 Å². The second-order valence-electron chi connectivity index (χ2n) is 6.46. The normalized spacial score (nSPS) is 11.7. The van der Waals surface area contributed by atoms with Crippen LogP contribution in [0.25, 0.3) is 22.2 Å². The van der Waals surface area contributed by atoms with E-state index in [1.54, 1.807) is 54.6 Å². The first-order chi connectivity index (χ1) is 13.9. The molecule has 4 rings (SSSR count). The Balaban J connectivity index is 1.98. The van der Waals surface area contributed by atoms with E-state index < -0.39 is 16.7 Å². The van der Waals surface area contributed by atoms with E-state index in [4.69, 9.17) is 0 Å². The van der Waals surface area contributed by atoms with Crippen molar-refractivity contribution < 1.29 is 18.1 Å². The van der Waals surface area contributed by atoms with Gasteiger partial charge in [0.1, 0.15) is 5.52 Å². The van der Waals surface area contributed by atoms with Crippen molar-refractivity contribution in [3.05, 3.63) is 94.0 Å². The van der Waals surface area contributed by atoms with Crippen LogP contribution in [0.2, 0.25) is 0 Å². The van der Waals surface area contributed by atoms with Gasteiger partial charge in [0.2, 0.25) is 0 Å². The SMILES string of the molecule is O=[N+]([O-])c1ccccc1Cn1nc2c(C(F)(F)F)cccc2c1-c1ccccc1. The first-order valence-electron chi connectivity index (χ1n) is 8.70. The van der Waals surface area contributed by atoms with E-state index in [0.29, 0.717) is 22.2 Å². The molecule has 0 spiro atoms. The Bertz CT molecular complexity index is 1200. The molecule has 0 atom stereocenters. The molecule has 1 aromatic heterocycles. The fraction of sp³-hybridized carbons (Fsp3) is 0.0952. The predicted octanol–water partition coefficient (Wildman–Crippen LogP) is 5.68. The van der Waals surface area contributed by atoms with E-state index in [0.717, 1.165) is 6.07 Å². The molecular formula is C21H14F3N3O2. The maximum atomic E-state index is 13.5. The lowest BCUT2D eigenvalue weighted by Gasteiger charge is -2.09. The Morgan fingerprint density at radius 1 is 0.931 bits per heavy atom. The molecule has 0 bridgehead atoms. The second-order valence-corrected chi connectivity index (χ2v) is 6.46. The summed E-state index contributed by atoms with van der Waals surface area (Å²) in [6.07, 6.45) is -4.56. The number of hydrogen-bond acceptors (Lipinski definition) is 3. The Hall–Kier alpha value is -3.68. The quantitative estimate of drug-likeness (QED) is 0.329. The third-order valence-corrected chi connectivity index (χ3v) is 4.63. The van der Waals surface area contributed by atoms with Crippen LogP contribution in [0.15, 0.2) is 72.8 Å². The van der Waals surface area contributed by atoms with E-state index >= 15 is 0 Å². The largest absolute Gasteiger partial charge is 0.418 e. The molecule has 5 nitrogen and oxygen atoms in total. The smallest absolute Gasteiger partial charge is 0.259 e. The van der Waals surface area contributed by atoms with Crippen molar-refractivity contribution in [1.29, 1.82) is 0 Å². The van der Waals surface area contributed by atoms with Gasteiger partial charge in [0, 0.05) is 17.0 Å². The summed E-state index contributed by atoms with van der Waals surface area (Å²) in [5.74, 6) is 0. The zero-order valence-electron chi connectivity index (χ0n) is 14.9. The number of hydrogen-bond donors (Lipinski definition) is 0. The van der Waals surface area contributed by atoms with E-state index in [1.165, 1.54) is 16.8 Å². The molecule has 146 valence electrons. The van der Waals surface area contributed by atoms with Crippen LogP contribution < -0.4 is 0 Å². The van der Waals surface area contributed by atoms with E-state index in [9.17, 15) is 23.3 Å². The zero-order valence-corrected chi connectivity index (χ0v) is 14.9. The second kappa shape index (κ2) is 7.05. The molecule has 0 unspecified atom stereocenters. The van der Waals surface area contributed by atoms with Gasteiger partial charge < -0.3 is 0 Å². The van der Waals surface area contributed by atoms with Crippen molar-refractivity contribution in [3.8, 4) is 11.3 Å². The minimum Gasteiger partial charge on any atom is -0.259 e. The lowest BCUT2D eigenvalue weighted by Crippen LogP contribution is -2.07. The van der Waals surface area contributed by atoms with E-state index in [2.05, 4.69) is 5.10 Å². The van der Waals surface area contributed by atoms with Crippen LogP contribution in [0.4, 0.5) is 18.9 Å². The number of para-hydroxylation sites is 1. The van der Waals surface area contributed by atoms with Gasteiger partial charge in [-0.2, -0.15) is 18.3 Å². The summed E-state index contributed by atoms with van der Waals surface area (Å²) in [5, 5.41) is 15.9. The Kier molecular flexibility index (Phi) is 4.54. The van der Waals surface area contributed by atoms with Gasteiger partial charge in [-0.25, -0.2) is 0 Å². The standard InChI is InChI=1S/C21H14F3N3O2/c22-21(23,24)17-11-6-10-16-19(17)25-26(20(16)14-7-2-1-3-8-14)13-15-9-4-5-12-18(15)27(28)29/h1-12H,13H2. The third-order valence-electron chi connectivity index (χ3n) is 4.63. The molecule has 0 amide bonds. The minimum atomic E-state index is -4.56. The number of benzene rings is 3. The van der Waals surface area contributed by atoms with Crippen molar-refractivity contribution in [2.75, 3.05) is 0 Å². The molecule has 0 radical (unpaired) electrons. The summed E-state index contributed by atoms with van der Waals surface area (Å²) in [6, 6.07) is 18.9. The number of nitro groups is 1. The number of alkyl halides is 3. The van der Waals surface area contributed by atoms with Crippen LogP contribution in [0.3, 0.4) is 0 Å². The lowest BCUT2D eigenvalue weighted by molar-refractivity contribution is -0.385. The first-order valence-corrected chi connectivity index (χ1v) is 8.70. The van der Waals surface area contributed by atoms with Crippen LogP contribution in [0.5, 0.6) is 0 Å². The molecule has 0 fully saturated rings. The Morgan fingerprint density at radius 2 is 1.62 bits per heavy atom. The summed E-state index contributed by atoms with van der Waals surface area (Å²) in [4.78, 5) is 10.8. The fourth-order valence-electron chi connectivity index (χ4n) is 3.38. The highest BCUT2D eigenvalue weighted by molar-refractivity contribution is 5.95. The summed E-state index contributed by atoms with van der Waals surface area (Å²) in [6.45, 7) is -0.0344. The number of nitrogens with zero attached hydrogens (tertiary/aromatic N) is 3. The number of fused-ring (bicyclic) bond motifs is 1. The van der Waals surface area contributed by atoms with Crippen molar-refractivity contribution in [2.45, 2.75) is 12.7 Å². The minimum absolute atomic E-state index is 0.0344. The van der Waals surface area contributed by atoms with Crippen molar-refractivity contribution in [2.24, 2.45) is 0 Å². The van der Waals surface area contributed by atoms with Crippen LogP contribution in [0.1, 0.15) is 11.1 Å². The molecule has 0 saturated carbocycles. The molecule has 0 aliphatic heterocycles. The maximum absolute atomic E-state index is 13.5. The van der Waals surface area contributed by atoms with Gasteiger partial charge in [-0.3, -0.25) is 14.8 Å². The van der Waals surface area contributed by atoms with E-state index in [1.807, 2.05) is 0 Å². The molecule has 0 aliphatic rings. The van der Waals surface area contributed by atoms with Gasteiger partial charge in [0.15, 0.2) is 0 Å². The predicted molar refractivity (Wildman–Crippen MR) is 102 cm³/mol. The lowest BCUT2D eigenvalue weighted by atomic mass is 10.0. The van der Waals surface area contributed by atoms with Crippen molar-refractivity contribution >= 4 is 16.6 Å². The average molecular weight is 397 g/mol. The van der Waals surface area contributed by atoms with Crippen molar-refractivity contribution in [3.63, 3.8) is 0 Å². The number of rotatable bonds is 4. The van der Waals surface area contributed by atoms with E-state index in [-0.39, 0.29) is 17.7 Å². The number of aromatic nitrogens is 2. The molecular weight excluding hydrogens is 383 g/mol. The van der Waals surface area contributed by atoms with Gasteiger partial charge >= 0.3 is 6.18 Å². The molecule has 29 heavy (non-hydrogen) atoms. The van der Waals surface area contributed by atoms with Crippen LogP contribution in [0, 0.1) is 10.1 Å². The molecule has 3 aromatic carbocycles. The monoisotopic (exact) mass is 397 g/mol. The topological polar surface area (TPSA) is 61.0 Å². The summed E-state index contributed by atoms with van der Waals surface area (Å²) >= 11 is 0. The van der Waals surface area contributed by atoms with Gasteiger partial charge in [-0.15, -0.1) is 0 Å². The summed E-state index contributed by atoms with van der Waals surface area (Å²) in [7, 11) is 0. The maximum Gasteiger partial charge on any atom is 0.418 e. The highest BCUT2D eigenvalue weighted by Crippen LogP contribution is 2.38. The Labute approximate surface area is 163 Å². The first kappa shape index (κ1) is 18.7. The van der Waals surface area contributed by atoms with Gasteiger partial charge in [-0.1, -0.05) is 60.7 Å². The third kappa shape index (κ3) is 3.44. The molecule has 1 heterocycles. The van der Waals surface area contributed by atoms with Crippen LogP contribution >= 0.6 is 0 Å². The number of nitro benzene ring substituents is 1.